The largest absolute Gasteiger partial charge is 0.354 e. The van der Waals surface area contributed by atoms with E-state index in [4.69, 9.17) is 11.6 Å². The third-order valence-corrected chi connectivity index (χ3v) is 5.34. The number of piperazine rings is 1. The van der Waals surface area contributed by atoms with E-state index in [9.17, 15) is 4.79 Å². The van der Waals surface area contributed by atoms with Crippen LogP contribution in [0.1, 0.15) is 11.6 Å². The Kier molecular flexibility index (Phi) is 6.08. The van der Waals surface area contributed by atoms with Crippen LogP contribution >= 0.6 is 11.6 Å². The average molecular weight is 407 g/mol. The molecule has 0 spiro atoms. The summed E-state index contributed by atoms with van der Waals surface area (Å²) in [6.07, 6.45) is 1.67. The lowest BCUT2D eigenvalue weighted by Crippen LogP contribution is -2.50. The van der Waals surface area contributed by atoms with Gasteiger partial charge in [-0.25, -0.2) is 4.98 Å². The summed E-state index contributed by atoms with van der Waals surface area (Å²) in [7, 11) is 0. The van der Waals surface area contributed by atoms with Gasteiger partial charge in [-0.05, 0) is 29.8 Å². The number of aromatic nitrogens is 1. The van der Waals surface area contributed by atoms with Crippen molar-refractivity contribution in [3.05, 3.63) is 89.6 Å². The number of pyridine rings is 1. The Hall–Kier alpha value is -2.89. The molecule has 6 heteroatoms. The zero-order valence-electron chi connectivity index (χ0n) is 16.0. The zero-order valence-corrected chi connectivity index (χ0v) is 16.8. The maximum absolute atomic E-state index is 13.2. The molecule has 0 bridgehead atoms. The van der Waals surface area contributed by atoms with Gasteiger partial charge in [-0.3, -0.25) is 9.69 Å². The molecule has 29 heavy (non-hydrogen) atoms. The Morgan fingerprint density at radius 2 is 1.55 bits per heavy atom. The molecule has 3 aromatic rings. The first-order valence-corrected chi connectivity index (χ1v) is 10.1. The topological polar surface area (TPSA) is 48.5 Å². The fraction of sp³-hybridized carbons (Fsp3) is 0.217. The summed E-state index contributed by atoms with van der Waals surface area (Å²) < 4.78 is 0. The monoisotopic (exact) mass is 406 g/mol. The molecule has 1 atom stereocenters. The van der Waals surface area contributed by atoms with Gasteiger partial charge >= 0.3 is 0 Å². The average Bonchev–Trinajstić information content (AvgIpc) is 2.76. The molecule has 4 rings (SSSR count). The van der Waals surface area contributed by atoms with Gasteiger partial charge in [0.25, 0.3) is 0 Å². The van der Waals surface area contributed by atoms with Gasteiger partial charge in [-0.1, -0.05) is 60.1 Å². The van der Waals surface area contributed by atoms with Crippen LogP contribution in [0.25, 0.3) is 0 Å². The number of hydrogen-bond acceptors (Lipinski definition) is 4. The van der Waals surface area contributed by atoms with Crippen molar-refractivity contribution in [2.75, 3.05) is 36.4 Å². The van der Waals surface area contributed by atoms with Crippen LogP contribution in [-0.2, 0) is 4.79 Å². The summed E-state index contributed by atoms with van der Waals surface area (Å²) in [5, 5.41) is 3.70. The maximum Gasteiger partial charge on any atom is 0.246 e. The van der Waals surface area contributed by atoms with E-state index in [-0.39, 0.29) is 11.9 Å². The number of nitrogens with one attached hydrogen (secondary N) is 1. The molecule has 1 aromatic heterocycles. The van der Waals surface area contributed by atoms with Gasteiger partial charge in [0.05, 0.1) is 5.02 Å². The molecule has 0 aliphatic carbocycles. The first-order chi connectivity index (χ1) is 14.2. The second-order valence-electron chi connectivity index (χ2n) is 7.03. The highest BCUT2D eigenvalue weighted by atomic mass is 35.5. The summed E-state index contributed by atoms with van der Waals surface area (Å²) in [4.78, 5) is 22.1. The van der Waals surface area contributed by atoms with Gasteiger partial charge in [0.15, 0.2) is 0 Å². The van der Waals surface area contributed by atoms with Crippen molar-refractivity contribution in [2.45, 2.75) is 6.04 Å². The van der Waals surface area contributed by atoms with E-state index in [0.29, 0.717) is 5.02 Å². The van der Waals surface area contributed by atoms with E-state index in [2.05, 4.69) is 20.1 Å². The first kappa shape index (κ1) is 19.4. The van der Waals surface area contributed by atoms with Gasteiger partial charge in [0.2, 0.25) is 5.91 Å². The summed E-state index contributed by atoms with van der Waals surface area (Å²) in [5.41, 5.74) is 1.81. The van der Waals surface area contributed by atoms with Crippen molar-refractivity contribution in [3.63, 3.8) is 0 Å². The zero-order chi connectivity index (χ0) is 20.1. The minimum Gasteiger partial charge on any atom is -0.354 e. The number of halogens is 1. The first-order valence-electron chi connectivity index (χ1n) is 9.72. The molecule has 1 fully saturated rings. The van der Waals surface area contributed by atoms with E-state index in [1.54, 1.807) is 6.20 Å². The summed E-state index contributed by atoms with van der Waals surface area (Å²) >= 11 is 5.95. The van der Waals surface area contributed by atoms with Crippen LogP contribution in [0.15, 0.2) is 79.0 Å². The van der Waals surface area contributed by atoms with E-state index >= 15 is 0 Å². The van der Waals surface area contributed by atoms with E-state index in [1.165, 1.54) is 0 Å². The highest BCUT2D eigenvalue weighted by molar-refractivity contribution is 6.30. The van der Waals surface area contributed by atoms with Gasteiger partial charge in [0, 0.05) is 38.1 Å². The fourth-order valence-electron chi connectivity index (χ4n) is 3.66. The molecule has 1 N–H and O–H groups in total. The lowest BCUT2D eigenvalue weighted by molar-refractivity contribution is -0.121. The molecule has 0 saturated carbocycles. The lowest BCUT2D eigenvalue weighted by Gasteiger charge is -2.39. The quantitative estimate of drug-likeness (QED) is 0.688. The Morgan fingerprint density at radius 3 is 2.17 bits per heavy atom. The molecule has 1 aliphatic rings. The summed E-state index contributed by atoms with van der Waals surface area (Å²) in [6.45, 7) is 3.14. The number of anilines is 2. The van der Waals surface area contributed by atoms with Crippen LogP contribution in [-0.4, -0.2) is 42.0 Å². The Bertz CT molecular complexity index is 926. The van der Waals surface area contributed by atoms with Crippen molar-refractivity contribution in [2.24, 2.45) is 0 Å². The molecule has 2 heterocycles. The molecule has 1 unspecified atom stereocenters. The smallest absolute Gasteiger partial charge is 0.246 e. The summed E-state index contributed by atoms with van der Waals surface area (Å²) in [5.74, 6) is 0.902. The number of carbonyl (C=O) groups is 1. The third kappa shape index (κ3) is 4.75. The summed E-state index contributed by atoms with van der Waals surface area (Å²) in [6, 6.07) is 23.0. The molecule has 1 saturated heterocycles. The van der Waals surface area contributed by atoms with Crippen molar-refractivity contribution >= 4 is 29.0 Å². The van der Waals surface area contributed by atoms with Crippen molar-refractivity contribution < 1.29 is 4.79 Å². The molecule has 1 amide bonds. The molecule has 148 valence electrons. The normalized spacial score (nSPS) is 15.7. The number of hydrogen-bond donors (Lipinski definition) is 1. The van der Waals surface area contributed by atoms with Gasteiger partial charge in [-0.15, -0.1) is 0 Å². The molecule has 2 aromatic carbocycles. The third-order valence-electron chi connectivity index (χ3n) is 5.12. The van der Waals surface area contributed by atoms with E-state index in [1.807, 2.05) is 72.8 Å². The van der Waals surface area contributed by atoms with Crippen LogP contribution in [0.4, 0.5) is 11.5 Å². The van der Waals surface area contributed by atoms with E-state index in [0.717, 1.165) is 43.2 Å². The minimum absolute atomic E-state index is 0.0135. The molecule has 5 nitrogen and oxygen atoms in total. The van der Waals surface area contributed by atoms with Gasteiger partial charge in [0.1, 0.15) is 11.9 Å². The SMILES string of the molecule is O=C(Nc1ccccc1)C(c1ccccc1)N1CCN(c2ccc(Cl)cn2)CC1. The van der Waals surface area contributed by atoms with Crippen LogP contribution in [0, 0.1) is 0 Å². The highest BCUT2D eigenvalue weighted by Crippen LogP contribution is 2.25. The second kappa shape index (κ2) is 9.07. The number of carbonyl (C=O) groups excluding carboxylic acids is 1. The predicted molar refractivity (Wildman–Crippen MR) is 117 cm³/mol. The number of para-hydroxylation sites is 1. The van der Waals surface area contributed by atoms with Crippen molar-refractivity contribution in [1.29, 1.82) is 0 Å². The number of amides is 1. The van der Waals surface area contributed by atoms with Crippen LogP contribution < -0.4 is 10.2 Å². The Balaban J connectivity index is 1.50. The molecule has 1 aliphatic heterocycles. The molecular weight excluding hydrogens is 384 g/mol. The predicted octanol–water partition coefficient (Wildman–Crippen LogP) is 4.24. The van der Waals surface area contributed by atoms with Crippen LogP contribution in [0.3, 0.4) is 0 Å². The second-order valence-corrected chi connectivity index (χ2v) is 7.46. The molecule has 0 radical (unpaired) electrons. The van der Waals surface area contributed by atoms with Gasteiger partial charge in [-0.2, -0.15) is 0 Å². The van der Waals surface area contributed by atoms with Crippen LogP contribution in [0.5, 0.6) is 0 Å². The Labute approximate surface area is 175 Å². The number of rotatable bonds is 5. The van der Waals surface area contributed by atoms with Crippen molar-refractivity contribution in [1.82, 2.24) is 9.88 Å². The minimum atomic E-state index is -0.336. The highest BCUT2D eigenvalue weighted by Gasteiger charge is 2.30. The van der Waals surface area contributed by atoms with Gasteiger partial charge < -0.3 is 10.2 Å². The Morgan fingerprint density at radius 1 is 0.897 bits per heavy atom. The molecular formula is C23H23ClN4O. The van der Waals surface area contributed by atoms with Crippen LogP contribution in [0.2, 0.25) is 5.02 Å². The van der Waals surface area contributed by atoms with E-state index < -0.39 is 0 Å². The standard InChI is InChI=1S/C23H23ClN4O/c24-19-11-12-21(25-17-19)27-13-15-28(16-14-27)22(18-7-3-1-4-8-18)23(29)26-20-9-5-2-6-10-20/h1-12,17,22H,13-16H2,(H,26,29). The fourth-order valence-corrected chi connectivity index (χ4v) is 3.77. The number of nitrogens with zero attached hydrogens (tertiary/aromatic N) is 3. The lowest BCUT2D eigenvalue weighted by atomic mass is 10.0. The maximum atomic E-state index is 13.2. The number of benzene rings is 2. The van der Waals surface area contributed by atoms with Crippen molar-refractivity contribution in [3.8, 4) is 0 Å².